The molecule has 0 saturated heterocycles. The average Bonchev–Trinajstić information content (AvgIpc) is 2.89. The summed E-state index contributed by atoms with van der Waals surface area (Å²) in [4.78, 5) is 0. The molecule has 1 saturated carbocycles. The topological polar surface area (TPSA) is 12.0 Å². The van der Waals surface area contributed by atoms with E-state index in [4.69, 9.17) is 0 Å². The molecule has 1 aliphatic carbocycles. The van der Waals surface area contributed by atoms with E-state index in [1.807, 2.05) is 0 Å². The normalized spacial score (nSPS) is 16.8. The molecule has 13 heavy (non-hydrogen) atoms. The van der Waals surface area contributed by atoms with Crippen molar-refractivity contribution in [2.75, 3.05) is 13.1 Å². The minimum absolute atomic E-state index is 0.939. The highest BCUT2D eigenvalue weighted by Crippen LogP contribution is 2.27. The van der Waals surface area contributed by atoms with Gasteiger partial charge in [-0.2, -0.15) is 0 Å². The maximum Gasteiger partial charge on any atom is -0.00204 e. The maximum atomic E-state index is 3.62. The van der Waals surface area contributed by atoms with Crippen molar-refractivity contribution in [2.45, 2.75) is 52.4 Å². The molecule has 0 aliphatic heterocycles. The molecule has 0 heterocycles. The first kappa shape index (κ1) is 11.0. The average molecular weight is 183 g/mol. The van der Waals surface area contributed by atoms with Crippen LogP contribution in [0.25, 0.3) is 0 Å². The first-order chi connectivity index (χ1) is 6.36. The van der Waals surface area contributed by atoms with Crippen LogP contribution in [0.15, 0.2) is 0 Å². The van der Waals surface area contributed by atoms with Gasteiger partial charge in [-0.1, -0.05) is 26.7 Å². The van der Waals surface area contributed by atoms with Gasteiger partial charge in [0.1, 0.15) is 0 Å². The van der Waals surface area contributed by atoms with E-state index in [1.165, 1.54) is 51.6 Å². The SMILES string of the molecule is CCCC(CCC)CNCC1CC1. The van der Waals surface area contributed by atoms with Crippen molar-refractivity contribution in [2.24, 2.45) is 11.8 Å². The van der Waals surface area contributed by atoms with Crippen LogP contribution < -0.4 is 5.32 Å². The minimum Gasteiger partial charge on any atom is -0.316 e. The van der Waals surface area contributed by atoms with Gasteiger partial charge in [-0.15, -0.1) is 0 Å². The second kappa shape index (κ2) is 6.42. The van der Waals surface area contributed by atoms with E-state index >= 15 is 0 Å². The molecule has 1 rings (SSSR count). The molecular weight excluding hydrogens is 158 g/mol. The Labute approximate surface area is 83.3 Å². The fraction of sp³-hybridized carbons (Fsp3) is 1.00. The molecule has 1 aliphatic rings. The van der Waals surface area contributed by atoms with Crippen molar-refractivity contribution < 1.29 is 0 Å². The number of hydrogen-bond acceptors (Lipinski definition) is 1. The third-order valence-corrected chi connectivity index (χ3v) is 2.96. The molecule has 1 nitrogen and oxygen atoms in total. The van der Waals surface area contributed by atoms with Crippen molar-refractivity contribution in [3.05, 3.63) is 0 Å². The summed E-state index contributed by atoms with van der Waals surface area (Å²) >= 11 is 0. The van der Waals surface area contributed by atoms with Gasteiger partial charge >= 0.3 is 0 Å². The fourth-order valence-electron chi connectivity index (χ4n) is 1.98. The molecule has 0 spiro atoms. The van der Waals surface area contributed by atoms with Crippen LogP contribution in [0.1, 0.15) is 52.4 Å². The molecule has 1 heteroatoms. The summed E-state index contributed by atoms with van der Waals surface area (Å²) in [5.74, 6) is 1.97. The minimum atomic E-state index is 0.939. The van der Waals surface area contributed by atoms with Crippen LogP contribution in [0, 0.1) is 11.8 Å². The second-order valence-electron chi connectivity index (χ2n) is 4.54. The van der Waals surface area contributed by atoms with E-state index < -0.39 is 0 Å². The summed E-state index contributed by atoms with van der Waals surface area (Å²) in [6.07, 6.45) is 8.45. The predicted octanol–water partition coefficient (Wildman–Crippen LogP) is 3.20. The largest absolute Gasteiger partial charge is 0.316 e. The molecule has 0 aromatic carbocycles. The zero-order valence-electron chi connectivity index (χ0n) is 9.31. The first-order valence-electron chi connectivity index (χ1n) is 6.07. The smallest absolute Gasteiger partial charge is 0.00204 e. The lowest BCUT2D eigenvalue weighted by Gasteiger charge is -2.15. The van der Waals surface area contributed by atoms with Gasteiger partial charge in [0.25, 0.3) is 0 Å². The Morgan fingerprint density at radius 2 is 1.77 bits per heavy atom. The monoisotopic (exact) mass is 183 g/mol. The van der Waals surface area contributed by atoms with Gasteiger partial charge in [0.05, 0.1) is 0 Å². The molecule has 1 fully saturated rings. The molecule has 0 amide bonds. The van der Waals surface area contributed by atoms with Crippen molar-refractivity contribution >= 4 is 0 Å². The molecular formula is C12H25N. The number of nitrogens with one attached hydrogen (secondary N) is 1. The van der Waals surface area contributed by atoms with Crippen LogP contribution in [0.2, 0.25) is 0 Å². The van der Waals surface area contributed by atoms with Crippen molar-refractivity contribution in [3.63, 3.8) is 0 Å². The predicted molar refractivity (Wildman–Crippen MR) is 58.9 cm³/mol. The van der Waals surface area contributed by atoms with Gasteiger partial charge in [0, 0.05) is 0 Å². The Balaban J connectivity index is 1.98. The molecule has 78 valence electrons. The van der Waals surface area contributed by atoms with E-state index in [1.54, 1.807) is 0 Å². The van der Waals surface area contributed by atoms with E-state index in [-0.39, 0.29) is 0 Å². The molecule has 0 radical (unpaired) electrons. The molecule has 1 N–H and O–H groups in total. The van der Waals surface area contributed by atoms with Crippen LogP contribution in [0.5, 0.6) is 0 Å². The second-order valence-corrected chi connectivity index (χ2v) is 4.54. The van der Waals surface area contributed by atoms with Crippen molar-refractivity contribution in [1.82, 2.24) is 5.32 Å². The molecule has 0 unspecified atom stereocenters. The molecule has 0 aromatic rings. The van der Waals surface area contributed by atoms with E-state index in [0.29, 0.717) is 0 Å². The fourth-order valence-corrected chi connectivity index (χ4v) is 1.98. The highest BCUT2D eigenvalue weighted by Gasteiger charge is 2.20. The van der Waals surface area contributed by atoms with Gasteiger partial charge in [-0.05, 0) is 50.6 Å². The zero-order chi connectivity index (χ0) is 9.52. The Morgan fingerprint density at radius 1 is 1.15 bits per heavy atom. The Hall–Kier alpha value is -0.0400. The summed E-state index contributed by atoms with van der Waals surface area (Å²) in [7, 11) is 0. The van der Waals surface area contributed by atoms with Crippen molar-refractivity contribution in [3.8, 4) is 0 Å². The Morgan fingerprint density at radius 3 is 2.23 bits per heavy atom. The van der Waals surface area contributed by atoms with Crippen LogP contribution in [0.3, 0.4) is 0 Å². The van der Waals surface area contributed by atoms with Gasteiger partial charge in [0.15, 0.2) is 0 Å². The number of rotatable bonds is 8. The van der Waals surface area contributed by atoms with Crippen LogP contribution in [0.4, 0.5) is 0 Å². The highest BCUT2D eigenvalue weighted by atomic mass is 14.9. The van der Waals surface area contributed by atoms with Gasteiger partial charge in [-0.3, -0.25) is 0 Å². The lowest BCUT2D eigenvalue weighted by Crippen LogP contribution is -2.24. The third kappa shape index (κ3) is 5.30. The lowest BCUT2D eigenvalue weighted by atomic mass is 9.98. The van der Waals surface area contributed by atoms with E-state index in [0.717, 1.165) is 11.8 Å². The summed E-state index contributed by atoms with van der Waals surface area (Å²) < 4.78 is 0. The van der Waals surface area contributed by atoms with E-state index in [9.17, 15) is 0 Å². The van der Waals surface area contributed by atoms with Crippen LogP contribution >= 0.6 is 0 Å². The van der Waals surface area contributed by atoms with Gasteiger partial charge in [0.2, 0.25) is 0 Å². The first-order valence-corrected chi connectivity index (χ1v) is 6.07. The zero-order valence-corrected chi connectivity index (χ0v) is 9.31. The summed E-state index contributed by atoms with van der Waals surface area (Å²) in [5, 5.41) is 3.62. The highest BCUT2D eigenvalue weighted by molar-refractivity contribution is 4.75. The van der Waals surface area contributed by atoms with Crippen LogP contribution in [-0.4, -0.2) is 13.1 Å². The Kier molecular flexibility index (Phi) is 5.45. The lowest BCUT2D eigenvalue weighted by molar-refractivity contribution is 0.407. The standard InChI is InChI=1S/C12H25N/c1-3-5-11(6-4-2)9-13-10-12-7-8-12/h11-13H,3-10H2,1-2H3. The van der Waals surface area contributed by atoms with Crippen molar-refractivity contribution in [1.29, 1.82) is 0 Å². The molecule has 0 bridgehead atoms. The maximum absolute atomic E-state index is 3.62. The summed E-state index contributed by atoms with van der Waals surface area (Å²) in [6.45, 7) is 7.13. The van der Waals surface area contributed by atoms with Gasteiger partial charge in [-0.25, -0.2) is 0 Å². The van der Waals surface area contributed by atoms with E-state index in [2.05, 4.69) is 19.2 Å². The summed E-state index contributed by atoms with van der Waals surface area (Å²) in [6, 6.07) is 0. The molecule has 0 atom stereocenters. The van der Waals surface area contributed by atoms with Gasteiger partial charge < -0.3 is 5.32 Å². The molecule has 0 aromatic heterocycles. The quantitative estimate of drug-likeness (QED) is 0.609. The summed E-state index contributed by atoms with van der Waals surface area (Å²) in [5.41, 5.74) is 0. The Bertz CT molecular complexity index is 112. The number of hydrogen-bond donors (Lipinski definition) is 1. The van der Waals surface area contributed by atoms with Crippen LogP contribution in [-0.2, 0) is 0 Å². The third-order valence-electron chi connectivity index (χ3n) is 2.96.